The lowest BCUT2D eigenvalue weighted by molar-refractivity contribution is -0.137. The predicted octanol–water partition coefficient (Wildman–Crippen LogP) is 6.83. The maximum absolute atomic E-state index is 12.8. The molecule has 3 heterocycles. The van der Waals surface area contributed by atoms with Gasteiger partial charge in [0.15, 0.2) is 0 Å². The van der Waals surface area contributed by atoms with Crippen LogP contribution in [-0.2, 0) is 17.4 Å². The molecule has 1 fully saturated rings. The normalized spacial score (nSPS) is 15.2. The van der Waals surface area contributed by atoms with Gasteiger partial charge in [-0.05, 0) is 78.2 Å². The number of aryl methyl sites for hydroxylation is 1. The summed E-state index contributed by atoms with van der Waals surface area (Å²) < 4.78 is 51.0. The van der Waals surface area contributed by atoms with Crippen molar-refractivity contribution in [3.63, 3.8) is 0 Å². The van der Waals surface area contributed by atoms with Crippen LogP contribution in [0.2, 0.25) is 0 Å². The number of hydrogen-bond donors (Lipinski definition) is 1. The van der Waals surface area contributed by atoms with Crippen LogP contribution in [-0.4, -0.2) is 22.7 Å². The summed E-state index contributed by atoms with van der Waals surface area (Å²) in [6.45, 7) is 2.05. The molecule has 1 aliphatic rings. The quantitative estimate of drug-likeness (QED) is 0.275. The highest BCUT2D eigenvalue weighted by Crippen LogP contribution is 2.36. The van der Waals surface area contributed by atoms with Crippen molar-refractivity contribution in [1.29, 1.82) is 0 Å². The first kappa shape index (κ1) is 24.1. The summed E-state index contributed by atoms with van der Waals surface area (Å²) in [6, 6.07) is 10.2. The second-order valence-electron chi connectivity index (χ2n) is 7.86. The highest BCUT2D eigenvalue weighted by molar-refractivity contribution is 8.18. The largest absolute Gasteiger partial charge is 0.493 e. The molecule has 2 aromatic heterocycles. The van der Waals surface area contributed by atoms with Gasteiger partial charge in [0.05, 0.1) is 22.8 Å². The first-order chi connectivity index (χ1) is 17.2. The molecule has 1 N–H and O–H groups in total. The molecule has 0 unspecified atom stereocenters. The SMILES string of the molecule is Cc1oc(-c2ccc(C(F)(F)F)cc2)nc1CCOc1ccc(/C=C2\SC(=O)NC2=O)c2sccc12. The Morgan fingerprint density at radius 3 is 2.58 bits per heavy atom. The fourth-order valence-electron chi connectivity index (χ4n) is 3.70. The Bertz CT molecular complexity index is 1500. The van der Waals surface area contributed by atoms with Crippen molar-refractivity contribution in [2.24, 2.45) is 0 Å². The molecule has 1 aliphatic heterocycles. The number of ether oxygens (including phenoxy) is 1. The lowest BCUT2D eigenvalue weighted by atomic mass is 10.1. The van der Waals surface area contributed by atoms with E-state index in [4.69, 9.17) is 9.15 Å². The minimum atomic E-state index is -4.40. The third-order valence-corrected chi connectivity index (χ3v) is 7.26. The third-order valence-electron chi connectivity index (χ3n) is 5.48. The van der Waals surface area contributed by atoms with Crippen LogP contribution < -0.4 is 10.1 Å². The summed E-state index contributed by atoms with van der Waals surface area (Å²) in [4.78, 5) is 28.1. The van der Waals surface area contributed by atoms with Crippen molar-refractivity contribution in [3.05, 3.63) is 75.3 Å². The Morgan fingerprint density at radius 2 is 1.89 bits per heavy atom. The van der Waals surface area contributed by atoms with E-state index in [1.165, 1.54) is 23.5 Å². The van der Waals surface area contributed by atoms with E-state index in [2.05, 4.69) is 10.3 Å². The van der Waals surface area contributed by atoms with Gasteiger partial charge < -0.3 is 9.15 Å². The maximum atomic E-state index is 12.8. The smallest absolute Gasteiger partial charge is 0.416 e. The van der Waals surface area contributed by atoms with Crippen LogP contribution in [0.5, 0.6) is 5.75 Å². The van der Waals surface area contributed by atoms with E-state index in [1.54, 1.807) is 13.0 Å². The predicted molar refractivity (Wildman–Crippen MR) is 132 cm³/mol. The molecular weight excluding hydrogens is 513 g/mol. The van der Waals surface area contributed by atoms with Gasteiger partial charge in [-0.2, -0.15) is 13.2 Å². The number of amides is 2. The molecule has 4 aromatic rings. The van der Waals surface area contributed by atoms with Crippen molar-refractivity contribution in [2.75, 3.05) is 6.61 Å². The Morgan fingerprint density at radius 1 is 1.11 bits per heavy atom. The minimum Gasteiger partial charge on any atom is -0.493 e. The molecule has 2 amide bonds. The van der Waals surface area contributed by atoms with E-state index in [1.807, 2.05) is 23.6 Å². The van der Waals surface area contributed by atoms with Crippen LogP contribution >= 0.6 is 23.1 Å². The number of carbonyl (C=O) groups is 2. The molecule has 0 aliphatic carbocycles. The zero-order valence-electron chi connectivity index (χ0n) is 18.6. The number of nitrogens with zero attached hydrogens (tertiary/aromatic N) is 1. The van der Waals surface area contributed by atoms with Gasteiger partial charge in [-0.3, -0.25) is 14.9 Å². The molecule has 5 rings (SSSR count). The number of thiophene rings is 1. The molecule has 0 atom stereocenters. The van der Waals surface area contributed by atoms with Gasteiger partial charge in [0.1, 0.15) is 11.5 Å². The van der Waals surface area contributed by atoms with E-state index in [-0.39, 0.29) is 5.89 Å². The fraction of sp³-hybridized carbons (Fsp3) is 0.160. The number of fused-ring (bicyclic) bond motifs is 1. The van der Waals surface area contributed by atoms with Gasteiger partial charge in [0, 0.05) is 22.1 Å². The van der Waals surface area contributed by atoms with Crippen LogP contribution in [0.3, 0.4) is 0 Å². The number of nitrogens with one attached hydrogen (secondary N) is 1. The van der Waals surface area contributed by atoms with E-state index in [0.717, 1.165) is 39.5 Å². The van der Waals surface area contributed by atoms with E-state index in [9.17, 15) is 22.8 Å². The zero-order valence-corrected chi connectivity index (χ0v) is 20.3. The summed E-state index contributed by atoms with van der Waals surface area (Å²) >= 11 is 2.37. The van der Waals surface area contributed by atoms with Crippen molar-refractivity contribution >= 4 is 50.4 Å². The molecule has 0 spiro atoms. The molecule has 0 saturated carbocycles. The van der Waals surface area contributed by atoms with Crippen LogP contribution in [0.1, 0.15) is 22.6 Å². The second-order valence-corrected chi connectivity index (χ2v) is 9.79. The minimum absolute atomic E-state index is 0.251. The monoisotopic (exact) mass is 530 g/mol. The van der Waals surface area contributed by atoms with Gasteiger partial charge >= 0.3 is 6.18 Å². The number of carbonyl (C=O) groups excluding carboxylic acids is 2. The molecule has 11 heteroatoms. The van der Waals surface area contributed by atoms with E-state index < -0.39 is 22.9 Å². The zero-order chi connectivity index (χ0) is 25.4. The molecule has 2 aromatic carbocycles. The molecular formula is C25H17F3N2O4S2. The molecule has 36 heavy (non-hydrogen) atoms. The highest BCUT2D eigenvalue weighted by atomic mass is 32.2. The number of oxazole rings is 1. The van der Waals surface area contributed by atoms with Crippen LogP contribution in [0.4, 0.5) is 18.0 Å². The second kappa shape index (κ2) is 9.47. The summed E-state index contributed by atoms with van der Waals surface area (Å²) in [5.74, 6) is 1.07. The van der Waals surface area contributed by atoms with Crippen LogP contribution in [0, 0.1) is 6.92 Å². The lowest BCUT2D eigenvalue weighted by Crippen LogP contribution is -2.17. The van der Waals surface area contributed by atoms with Crippen molar-refractivity contribution in [1.82, 2.24) is 10.3 Å². The first-order valence-electron chi connectivity index (χ1n) is 10.7. The number of alkyl halides is 3. The Kier molecular flexibility index (Phi) is 6.35. The maximum Gasteiger partial charge on any atom is 0.416 e. The van der Waals surface area contributed by atoms with E-state index in [0.29, 0.717) is 40.7 Å². The topological polar surface area (TPSA) is 81.4 Å². The van der Waals surface area contributed by atoms with Crippen molar-refractivity contribution in [2.45, 2.75) is 19.5 Å². The third kappa shape index (κ3) is 4.89. The fourth-order valence-corrected chi connectivity index (χ4v) is 5.27. The van der Waals surface area contributed by atoms with Crippen molar-refractivity contribution in [3.8, 4) is 17.2 Å². The molecule has 0 bridgehead atoms. The molecule has 1 saturated heterocycles. The molecule has 6 nitrogen and oxygen atoms in total. The van der Waals surface area contributed by atoms with Crippen LogP contribution in [0.15, 0.2) is 57.2 Å². The van der Waals surface area contributed by atoms with E-state index >= 15 is 0 Å². The average molecular weight is 531 g/mol. The number of hydrogen-bond acceptors (Lipinski definition) is 7. The standard InChI is InChI=1S/C25H17F3N2O4S2/c1-13-18(29-23(34-13)14-2-5-16(6-3-14)25(26,27)28)8-10-33-19-7-4-15(21-17(19)9-11-35-21)12-20-22(31)30-24(32)36-20/h2-7,9,11-12H,8,10H2,1H3,(H,30,31,32)/b20-12-. The van der Waals surface area contributed by atoms with Gasteiger partial charge in [-0.25, -0.2) is 4.98 Å². The number of rotatable bonds is 6. The number of imide groups is 1. The number of benzene rings is 2. The van der Waals surface area contributed by atoms with Crippen molar-refractivity contribution < 1.29 is 31.9 Å². The lowest BCUT2D eigenvalue weighted by Gasteiger charge is -2.08. The first-order valence-corrected chi connectivity index (χ1v) is 12.4. The van der Waals surface area contributed by atoms with Crippen LogP contribution in [0.25, 0.3) is 27.6 Å². The highest BCUT2D eigenvalue weighted by Gasteiger charge is 2.30. The summed E-state index contributed by atoms with van der Waals surface area (Å²) in [5, 5.41) is 4.66. The Balaban J connectivity index is 1.28. The average Bonchev–Trinajstić information content (AvgIpc) is 3.54. The van der Waals surface area contributed by atoms with Gasteiger partial charge in [0.2, 0.25) is 5.89 Å². The number of aromatic nitrogens is 1. The summed E-state index contributed by atoms with van der Waals surface area (Å²) in [7, 11) is 0. The molecule has 0 radical (unpaired) electrons. The number of thioether (sulfide) groups is 1. The number of halogens is 3. The summed E-state index contributed by atoms with van der Waals surface area (Å²) in [6.07, 6.45) is -2.28. The van der Waals surface area contributed by atoms with Gasteiger partial charge in [-0.15, -0.1) is 11.3 Å². The van der Waals surface area contributed by atoms with Gasteiger partial charge in [0.25, 0.3) is 11.1 Å². The molecule has 184 valence electrons. The Hall–Kier alpha value is -3.57. The Labute approximate surface area is 211 Å². The summed E-state index contributed by atoms with van der Waals surface area (Å²) in [5.41, 5.74) is 1.19. The van der Waals surface area contributed by atoms with Gasteiger partial charge in [-0.1, -0.05) is 0 Å².